The van der Waals surface area contributed by atoms with Gasteiger partial charge in [-0.3, -0.25) is 9.89 Å². The number of aryl methyl sites for hydroxylation is 1. The Hall–Kier alpha value is -2.02. The highest BCUT2D eigenvalue weighted by Gasteiger charge is 2.26. The van der Waals surface area contributed by atoms with Crippen LogP contribution in [0.3, 0.4) is 0 Å². The van der Waals surface area contributed by atoms with Crippen LogP contribution < -0.4 is 4.90 Å². The monoisotopic (exact) mass is 345 g/mol. The van der Waals surface area contributed by atoms with Gasteiger partial charge >= 0.3 is 0 Å². The number of para-hydroxylation sites is 1. The number of thioether (sulfide) groups is 1. The molecule has 1 aliphatic rings. The average molecular weight is 345 g/mol. The van der Waals surface area contributed by atoms with Crippen LogP contribution >= 0.6 is 11.8 Å². The Morgan fingerprint density at radius 2 is 1.96 bits per heavy atom. The Balaban J connectivity index is 1.52. The molecule has 24 heavy (non-hydrogen) atoms. The highest BCUT2D eigenvalue weighted by atomic mass is 32.2. The molecule has 3 rings (SSSR count). The van der Waals surface area contributed by atoms with Crippen molar-refractivity contribution in [3.63, 3.8) is 0 Å². The summed E-state index contributed by atoms with van der Waals surface area (Å²) in [6.45, 7) is 7.20. The van der Waals surface area contributed by atoms with Crippen LogP contribution in [0, 0.1) is 0 Å². The summed E-state index contributed by atoms with van der Waals surface area (Å²) in [7, 11) is 0. The molecule has 0 bridgehead atoms. The highest BCUT2D eigenvalue weighted by Crippen LogP contribution is 2.22. The SMILES string of the molecule is CCc1nc(SC(C)C(=O)N2CCN(c3ccccc3)CC2)n[nH]1. The maximum Gasteiger partial charge on any atom is 0.236 e. The number of hydrogen-bond donors (Lipinski definition) is 1. The van der Waals surface area contributed by atoms with Gasteiger partial charge in [-0.25, -0.2) is 4.98 Å². The number of H-pyrrole nitrogens is 1. The van der Waals surface area contributed by atoms with E-state index in [1.165, 1.54) is 17.4 Å². The number of carbonyl (C=O) groups excluding carboxylic acids is 1. The average Bonchev–Trinajstić information content (AvgIpc) is 3.09. The zero-order valence-corrected chi connectivity index (χ0v) is 14.9. The molecule has 0 spiro atoms. The normalized spacial score (nSPS) is 16.2. The number of nitrogens with one attached hydrogen (secondary N) is 1. The first-order valence-electron chi connectivity index (χ1n) is 8.34. The van der Waals surface area contributed by atoms with Gasteiger partial charge in [-0.1, -0.05) is 36.9 Å². The molecule has 0 radical (unpaired) electrons. The summed E-state index contributed by atoms with van der Waals surface area (Å²) in [5.74, 6) is 1.02. The summed E-state index contributed by atoms with van der Waals surface area (Å²) < 4.78 is 0. The van der Waals surface area contributed by atoms with Crippen LogP contribution in [0.25, 0.3) is 0 Å². The summed E-state index contributed by atoms with van der Waals surface area (Å²) in [5.41, 5.74) is 1.22. The number of benzene rings is 1. The van der Waals surface area contributed by atoms with Crippen LogP contribution in [0.5, 0.6) is 0 Å². The molecule has 6 nitrogen and oxygen atoms in total. The van der Waals surface area contributed by atoms with E-state index in [4.69, 9.17) is 0 Å². The lowest BCUT2D eigenvalue weighted by molar-refractivity contribution is -0.130. The number of piperazine rings is 1. The third-order valence-corrected chi connectivity index (χ3v) is 5.14. The first kappa shape index (κ1) is 16.8. The molecule has 1 aromatic heterocycles. The van der Waals surface area contributed by atoms with Gasteiger partial charge < -0.3 is 9.80 Å². The Morgan fingerprint density at radius 3 is 2.58 bits per heavy atom. The molecule has 1 saturated heterocycles. The molecule has 0 saturated carbocycles. The number of aromatic amines is 1. The number of nitrogens with zero attached hydrogens (tertiary/aromatic N) is 4. The van der Waals surface area contributed by atoms with E-state index in [1.54, 1.807) is 0 Å². The zero-order chi connectivity index (χ0) is 16.9. The Kier molecular flexibility index (Phi) is 5.40. The minimum atomic E-state index is -0.172. The van der Waals surface area contributed by atoms with Crippen molar-refractivity contribution in [1.29, 1.82) is 0 Å². The van der Waals surface area contributed by atoms with Crippen molar-refractivity contribution in [3.8, 4) is 0 Å². The van der Waals surface area contributed by atoms with Gasteiger partial charge in [-0.05, 0) is 19.1 Å². The largest absolute Gasteiger partial charge is 0.368 e. The fourth-order valence-corrected chi connectivity index (χ4v) is 3.61. The van der Waals surface area contributed by atoms with Gasteiger partial charge in [0.25, 0.3) is 0 Å². The molecule has 1 aromatic carbocycles. The fraction of sp³-hybridized carbons (Fsp3) is 0.471. The van der Waals surface area contributed by atoms with Crippen LogP contribution in [0.4, 0.5) is 5.69 Å². The molecule has 2 aromatic rings. The van der Waals surface area contributed by atoms with Crippen molar-refractivity contribution in [3.05, 3.63) is 36.2 Å². The summed E-state index contributed by atoms with van der Waals surface area (Å²) in [4.78, 5) is 21.3. The van der Waals surface area contributed by atoms with E-state index in [0.29, 0.717) is 5.16 Å². The molecule has 1 atom stereocenters. The van der Waals surface area contributed by atoms with Crippen LogP contribution in [0.2, 0.25) is 0 Å². The van der Waals surface area contributed by atoms with Crippen LogP contribution in [-0.2, 0) is 11.2 Å². The molecule has 1 aliphatic heterocycles. The van der Waals surface area contributed by atoms with Crippen LogP contribution in [0.1, 0.15) is 19.7 Å². The summed E-state index contributed by atoms with van der Waals surface area (Å²) in [6, 6.07) is 10.4. The third kappa shape index (κ3) is 3.90. The number of amides is 1. The van der Waals surface area contributed by atoms with Crippen LogP contribution in [-0.4, -0.2) is 57.4 Å². The molecule has 1 N–H and O–H groups in total. The molecule has 0 aliphatic carbocycles. The lowest BCUT2D eigenvalue weighted by Crippen LogP contribution is -2.50. The second kappa shape index (κ2) is 7.70. The molecular formula is C17H23N5OS. The predicted molar refractivity (Wildman–Crippen MR) is 96.3 cm³/mol. The Morgan fingerprint density at radius 1 is 1.25 bits per heavy atom. The first-order chi connectivity index (χ1) is 11.7. The minimum Gasteiger partial charge on any atom is -0.368 e. The molecule has 1 fully saturated rings. The van der Waals surface area contributed by atoms with Gasteiger partial charge in [-0.2, -0.15) is 0 Å². The summed E-state index contributed by atoms with van der Waals surface area (Å²) >= 11 is 1.42. The predicted octanol–water partition coefficient (Wildman–Crippen LogP) is 2.20. The van der Waals surface area contributed by atoms with Crippen LogP contribution in [0.15, 0.2) is 35.5 Å². The standard InChI is InChI=1S/C17H23N5OS/c1-3-15-18-17(20-19-15)24-13(2)16(23)22-11-9-21(10-12-22)14-7-5-4-6-8-14/h4-8,13H,3,9-12H2,1-2H3,(H,18,19,20). The van der Waals surface area contributed by atoms with E-state index in [0.717, 1.165) is 38.4 Å². The third-order valence-electron chi connectivity index (χ3n) is 4.19. The van der Waals surface area contributed by atoms with Crippen molar-refractivity contribution in [2.24, 2.45) is 0 Å². The number of hydrogen-bond acceptors (Lipinski definition) is 5. The molecular weight excluding hydrogens is 322 g/mol. The Labute approximate surface area is 146 Å². The first-order valence-corrected chi connectivity index (χ1v) is 9.22. The molecule has 1 unspecified atom stereocenters. The van der Waals surface area contributed by atoms with E-state index in [1.807, 2.05) is 36.9 Å². The van der Waals surface area contributed by atoms with Crippen molar-refractivity contribution in [2.45, 2.75) is 30.7 Å². The quantitative estimate of drug-likeness (QED) is 0.842. The van der Waals surface area contributed by atoms with Crippen molar-refractivity contribution in [1.82, 2.24) is 20.1 Å². The van der Waals surface area contributed by atoms with E-state index in [2.05, 4.69) is 32.2 Å². The molecule has 128 valence electrons. The molecule has 2 heterocycles. The van der Waals surface area contributed by atoms with Gasteiger partial charge in [0.2, 0.25) is 11.1 Å². The van der Waals surface area contributed by atoms with Gasteiger partial charge in [0.05, 0.1) is 5.25 Å². The van der Waals surface area contributed by atoms with Crippen molar-refractivity contribution >= 4 is 23.4 Å². The van der Waals surface area contributed by atoms with E-state index >= 15 is 0 Å². The maximum absolute atomic E-state index is 12.6. The maximum atomic E-state index is 12.6. The van der Waals surface area contributed by atoms with Gasteiger partial charge in [0, 0.05) is 38.3 Å². The van der Waals surface area contributed by atoms with Crippen molar-refractivity contribution < 1.29 is 4.79 Å². The second-order valence-electron chi connectivity index (χ2n) is 5.83. The fourth-order valence-electron chi connectivity index (χ4n) is 2.78. The number of anilines is 1. The summed E-state index contributed by atoms with van der Waals surface area (Å²) in [5, 5.41) is 7.52. The molecule has 1 amide bonds. The lowest BCUT2D eigenvalue weighted by atomic mass is 10.2. The van der Waals surface area contributed by atoms with Gasteiger partial charge in [0.15, 0.2) is 0 Å². The zero-order valence-electron chi connectivity index (χ0n) is 14.1. The topological polar surface area (TPSA) is 65.1 Å². The Bertz CT molecular complexity index is 667. The summed E-state index contributed by atoms with van der Waals surface area (Å²) in [6.07, 6.45) is 0.817. The van der Waals surface area contributed by atoms with Gasteiger partial charge in [0.1, 0.15) is 5.82 Å². The van der Waals surface area contributed by atoms with E-state index in [9.17, 15) is 4.79 Å². The second-order valence-corrected chi connectivity index (χ2v) is 7.13. The van der Waals surface area contributed by atoms with Crippen molar-refractivity contribution in [2.75, 3.05) is 31.1 Å². The molecule has 7 heteroatoms. The van der Waals surface area contributed by atoms with E-state index < -0.39 is 0 Å². The highest BCUT2D eigenvalue weighted by molar-refractivity contribution is 8.00. The lowest BCUT2D eigenvalue weighted by Gasteiger charge is -2.37. The smallest absolute Gasteiger partial charge is 0.236 e. The van der Waals surface area contributed by atoms with Gasteiger partial charge in [-0.15, -0.1) is 5.10 Å². The number of carbonyl (C=O) groups is 1. The number of rotatable bonds is 5. The number of aromatic nitrogens is 3. The van der Waals surface area contributed by atoms with E-state index in [-0.39, 0.29) is 11.2 Å². The minimum absolute atomic E-state index is 0.163.